The van der Waals surface area contributed by atoms with Crippen LogP contribution in [0.3, 0.4) is 0 Å². The van der Waals surface area contributed by atoms with E-state index in [1.165, 1.54) is 10.9 Å². The van der Waals surface area contributed by atoms with Gasteiger partial charge < -0.3 is 20.1 Å². The molecule has 2 saturated heterocycles. The number of aromatic nitrogens is 5. The molecule has 218 valence electrons. The van der Waals surface area contributed by atoms with E-state index >= 15 is 0 Å². The van der Waals surface area contributed by atoms with Gasteiger partial charge in [-0.2, -0.15) is 9.78 Å². The maximum Gasteiger partial charge on any atom is 0.415 e. The standard InChI is InChI=1S/C24H28Br2N10O5/c1-14-4-2-3-5-35(14)13-18-19(29-33-36(18)22-21(27)31-41-32-22)23(37)30-28-12-15-10-16(25)20(17(26)11-15)40-24(38)34-6-8-39-9-7-34/h10-12,14H,2-9,13H2,1H3,(H2,27,31)(H,30,37). The van der Waals surface area contributed by atoms with Crippen molar-refractivity contribution < 1.29 is 23.7 Å². The number of benzene rings is 1. The minimum absolute atomic E-state index is 0.0306. The number of ether oxygens (including phenoxy) is 2. The minimum Gasteiger partial charge on any atom is -0.408 e. The van der Waals surface area contributed by atoms with Crippen LogP contribution in [0.4, 0.5) is 10.6 Å². The highest BCUT2D eigenvalue weighted by Crippen LogP contribution is 2.35. The zero-order chi connectivity index (χ0) is 28.9. The van der Waals surface area contributed by atoms with Crippen LogP contribution in [0, 0.1) is 0 Å². The van der Waals surface area contributed by atoms with E-state index in [0.717, 1.165) is 25.8 Å². The maximum absolute atomic E-state index is 13.2. The van der Waals surface area contributed by atoms with Crippen molar-refractivity contribution in [1.82, 2.24) is 40.5 Å². The first-order valence-electron chi connectivity index (χ1n) is 13.0. The Hall–Kier alpha value is -3.41. The lowest BCUT2D eigenvalue weighted by atomic mass is 10.0. The quantitative estimate of drug-likeness (QED) is 0.274. The van der Waals surface area contributed by atoms with Gasteiger partial charge in [-0.3, -0.25) is 9.69 Å². The molecule has 3 aromatic rings. The summed E-state index contributed by atoms with van der Waals surface area (Å²) in [7, 11) is 0. The molecule has 5 rings (SSSR count). The third-order valence-electron chi connectivity index (χ3n) is 6.83. The van der Waals surface area contributed by atoms with Crippen molar-refractivity contribution in [3.05, 3.63) is 38.0 Å². The molecule has 4 heterocycles. The largest absolute Gasteiger partial charge is 0.415 e. The predicted molar refractivity (Wildman–Crippen MR) is 153 cm³/mol. The van der Waals surface area contributed by atoms with Gasteiger partial charge in [0.15, 0.2) is 11.4 Å². The second-order valence-corrected chi connectivity index (χ2v) is 11.3. The summed E-state index contributed by atoms with van der Waals surface area (Å²) in [5.41, 5.74) is 9.60. The molecule has 2 amide bonds. The van der Waals surface area contributed by atoms with E-state index in [9.17, 15) is 9.59 Å². The van der Waals surface area contributed by atoms with Gasteiger partial charge in [-0.25, -0.2) is 14.8 Å². The highest BCUT2D eigenvalue weighted by atomic mass is 79.9. The molecule has 1 atom stereocenters. The Morgan fingerprint density at radius 2 is 1.95 bits per heavy atom. The van der Waals surface area contributed by atoms with Gasteiger partial charge in [0.05, 0.1) is 34.1 Å². The number of amides is 2. The molecular weight excluding hydrogens is 668 g/mol. The number of morpholine rings is 1. The fraction of sp³-hybridized carbons (Fsp3) is 0.458. The van der Waals surface area contributed by atoms with Crippen LogP contribution in [0.5, 0.6) is 5.75 Å². The molecule has 1 unspecified atom stereocenters. The lowest BCUT2D eigenvalue weighted by molar-refractivity contribution is 0.0414. The second kappa shape index (κ2) is 13.1. The van der Waals surface area contributed by atoms with E-state index in [1.54, 1.807) is 17.0 Å². The van der Waals surface area contributed by atoms with Gasteiger partial charge >= 0.3 is 6.09 Å². The maximum atomic E-state index is 13.2. The van der Waals surface area contributed by atoms with Crippen LogP contribution in [0.2, 0.25) is 0 Å². The van der Waals surface area contributed by atoms with Crippen molar-refractivity contribution in [1.29, 1.82) is 0 Å². The molecule has 0 saturated carbocycles. The molecule has 15 nitrogen and oxygen atoms in total. The topological polar surface area (TPSA) is 179 Å². The first kappa shape index (κ1) is 29.1. The normalized spacial score (nSPS) is 18.1. The van der Waals surface area contributed by atoms with Gasteiger partial charge in [-0.05, 0) is 86.2 Å². The number of nitrogen functional groups attached to an aromatic ring is 1. The number of anilines is 1. The minimum atomic E-state index is -0.559. The third-order valence-corrected chi connectivity index (χ3v) is 8.00. The van der Waals surface area contributed by atoms with Crippen molar-refractivity contribution in [2.24, 2.45) is 5.10 Å². The summed E-state index contributed by atoms with van der Waals surface area (Å²) in [6.07, 6.45) is 4.26. The Morgan fingerprint density at radius 1 is 1.20 bits per heavy atom. The van der Waals surface area contributed by atoms with E-state index < -0.39 is 12.0 Å². The van der Waals surface area contributed by atoms with Crippen LogP contribution >= 0.6 is 31.9 Å². The summed E-state index contributed by atoms with van der Waals surface area (Å²) in [5, 5.41) is 19.7. The number of likely N-dealkylation sites (tertiary alicyclic amines) is 1. The van der Waals surface area contributed by atoms with E-state index in [0.29, 0.717) is 64.8 Å². The zero-order valence-corrected chi connectivity index (χ0v) is 25.3. The summed E-state index contributed by atoms with van der Waals surface area (Å²) >= 11 is 6.89. The number of nitrogens with zero attached hydrogens (tertiary/aromatic N) is 8. The van der Waals surface area contributed by atoms with Crippen molar-refractivity contribution in [2.75, 3.05) is 38.6 Å². The Balaban J connectivity index is 1.30. The molecular formula is C24H28Br2N10O5. The van der Waals surface area contributed by atoms with Gasteiger partial charge in [0.2, 0.25) is 11.6 Å². The number of carbonyl (C=O) groups is 2. The average Bonchev–Trinajstić information content (AvgIpc) is 3.57. The zero-order valence-electron chi connectivity index (χ0n) is 22.1. The monoisotopic (exact) mass is 694 g/mol. The van der Waals surface area contributed by atoms with Crippen molar-refractivity contribution in [2.45, 2.75) is 38.8 Å². The van der Waals surface area contributed by atoms with Crippen molar-refractivity contribution in [3.63, 3.8) is 0 Å². The molecule has 2 aromatic heterocycles. The van der Waals surface area contributed by atoms with Gasteiger partial charge in [0.25, 0.3) is 5.91 Å². The SMILES string of the molecule is CC1CCCCN1Cc1c(C(=O)NN=Cc2cc(Br)c(OC(=O)N3CCOCC3)c(Br)c2)nnn1-c1nonc1N. The molecule has 2 aliphatic heterocycles. The molecule has 3 N–H and O–H groups in total. The molecule has 0 spiro atoms. The fourth-order valence-electron chi connectivity index (χ4n) is 4.58. The first-order valence-corrected chi connectivity index (χ1v) is 14.5. The molecule has 2 fully saturated rings. The van der Waals surface area contributed by atoms with E-state index in [2.05, 4.69) is 74.8 Å². The molecule has 0 bridgehead atoms. The number of halogens is 2. The van der Waals surface area contributed by atoms with Gasteiger partial charge in [-0.1, -0.05) is 11.6 Å². The van der Waals surface area contributed by atoms with E-state index in [-0.39, 0.29) is 17.3 Å². The summed E-state index contributed by atoms with van der Waals surface area (Å²) in [6.45, 7) is 5.30. The number of hydrogen-bond acceptors (Lipinski definition) is 12. The lowest BCUT2D eigenvalue weighted by Gasteiger charge is -2.33. The number of nitrogens with two attached hydrogens (primary N) is 1. The van der Waals surface area contributed by atoms with Crippen LogP contribution < -0.4 is 15.9 Å². The Morgan fingerprint density at radius 3 is 2.63 bits per heavy atom. The molecule has 0 radical (unpaired) electrons. The van der Waals surface area contributed by atoms with Crippen LogP contribution in [-0.2, 0) is 11.3 Å². The average molecular weight is 696 g/mol. The summed E-state index contributed by atoms with van der Waals surface area (Å²) < 4.78 is 18.0. The summed E-state index contributed by atoms with van der Waals surface area (Å²) in [6, 6.07) is 3.74. The highest BCUT2D eigenvalue weighted by molar-refractivity contribution is 9.11. The number of carbonyl (C=O) groups excluding carboxylic acids is 2. The summed E-state index contributed by atoms with van der Waals surface area (Å²) in [5.74, 6) is -0.0410. The fourth-order valence-corrected chi connectivity index (χ4v) is 5.96. The van der Waals surface area contributed by atoms with Crippen LogP contribution in [0.25, 0.3) is 5.82 Å². The first-order chi connectivity index (χ1) is 19.8. The predicted octanol–water partition coefficient (Wildman–Crippen LogP) is 2.73. The molecule has 1 aromatic carbocycles. The summed E-state index contributed by atoms with van der Waals surface area (Å²) in [4.78, 5) is 29.5. The Bertz CT molecular complexity index is 1410. The molecule has 2 aliphatic rings. The van der Waals surface area contributed by atoms with E-state index in [4.69, 9.17) is 19.8 Å². The van der Waals surface area contributed by atoms with Gasteiger partial charge in [-0.15, -0.1) is 5.10 Å². The second-order valence-electron chi connectivity index (χ2n) is 9.57. The molecule has 0 aliphatic carbocycles. The number of nitrogens with one attached hydrogen (secondary N) is 1. The van der Waals surface area contributed by atoms with Crippen LogP contribution in [0.15, 0.2) is 30.8 Å². The highest BCUT2D eigenvalue weighted by Gasteiger charge is 2.28. The Kier molecular flexibility index (Phi) is 9.26. The van der Waals surface area contributed by atoms with Crippen molar-refractivity contribution in [3.8, 4) is 11.6 Å². The third kappa shape index (κ3) is 6.74. The van der Waals surface area contributed by atoms with E-state index in [1.807, 2.05) is 0 Å². The van der Waals surface area contributed by atoms with Crippen LogP contribution in [0.1, 0.15) is 47.9 Å². The molecule has 41 heavy (non-hydrogen) atoms. The molecule has 17 heteroatoms. The van der Waals surface area contributed by atoms with Gasteiger partial charge in [0, 0.05) is 25.7 Å². The number of hydrazone groups is 1. The van der Waals surface area contributed by atoms with Crippen LogP contribution in [-0.4, -0.2) is 92.2 Å². The number of hydrogen-bond donors (Lipinski definition) is 2. The smallest absolute Gasteiger partial charge is 0.408 e. The lowest BCUT2D eigenvalue weighted by Crippen LogP contribution is -2.42. The Labute approximate surface area is 251 Å². The van der Waals surface area contributed by atoms with Gasteiger partial charge in [0.1, 0.15) is 0 Å². The number of rotatable bonds is 7. The number of piperidine rings is 1. The van der Waals surface area contributed by atoms with Crippen molar-refractivity contribution >= 4 is 55.9 Å².